The number of rotatable bonds is 11. The Morgan fingerprint density at radius 3 is 2.54 bits per heavy atom. The normalized spacial score (nSPS) is 14.7. The van der Waals surface area contributed by atoms with E-state index in [1.807, 2.05) is 53.2 Å². The van der Waals surface area contributed by atoms with Crippen LogP contribution in [-0.4, -0.2) is 53.3 Å². The monoisotopic (exact) mass is 558 g/mol. The number of benzene rings is 3. The van der Waals surface area contributed by atoms with E-state index >= 15 is 4.39 Å². The van der Waals surface area contributed by atoms with Crippen LogP contribution in [0, 0.1) is 5.82 Å². The largest absolute Gasteiger partial charge is 0.497 e. The van der Waals surface area contributed by atoms with E-state index in [2.05, 4.69) is 20.9 Å². The highest BCUT2D eigenvalue weighted by Crippen LogP contribution is 2.29. The molecule has 2 heterocycles. The third-order valence-corrected chi connectivity index (χ3v) is 6.81. The molecule has 1 fully saturated rings. The first-order chi connectivity index (χ1) is 19.9. The highest BCUT2D eigenvalue weighted by atomic mass is 19.1. The highest BCUT2D eigenvalue weighted by molar-refractivity contribution is 5.90. The Hall–Kier alpha value is -4.77. The van der Waals surface area contributed by atoms with Crippen molar-refractivity contribution in [3.63, 3.8) is 0 Å². The first kappa shape index (κ1) is 27.8. The number of hydrogen-bond acceptors (Lipinski definition) is 7. The maximum Gasteiger partial charge on any atom is 0.414 e. The van der Waals surface area contributed by atoms with Crippen molar-refractivity contribution in [1.82, 2.24) is 25.6 Å². The van der Waals surface area contributed by atoms with Crippen LogP contribution in [0.5, 0.6) is 5.75 Å². The smallest absolute Gasteiger partial charge is 0.414 e. The zero-order valence-electron chi connectivity index (χ0n) is 22.8. The van der Waals surface area contributed by atoms with Crippen molar-refractivity contribution >= 4 is 17.7 Å². The molecule has 10 nitrogen and oxygen atoms in total. The number of carbonyl (C=O) groups is 2. The first-order valence-electron chi connectivity index (χ1n) is 13.2. The van der Waals surface area contributed by atoms with Crippen LogP contribution < -0.4 is 20.3 Å². The molecule has 0 radical (unpaired) electrons. The topological polar surface area (TPSA) is 111 Å². The second-order valence-electron chi connectivity index (χ2n) is 9.75. The molecule has 0 unspecified atom stereocenters. The molecule has 1 aliphatic rings. The van der Waals surface area contributed by atoms with Crippen molar-refractivity contribution in [3.8, 4) is 16.9 Å². The van der Waals surface area contributed by atoms with Crippen molar-refractivity contribution < 1.29 is 23.5 Å². The molecule has 1 atom stereocenters. The maximum absolute atomic E-state index is 15.1. The molecular weight excluding hydrogens is 527 g/mol. The fourth-order valence-corrected chi connectivity index (χ4v) is 4.59. The van der Waals surface area contributed by atoms with Gasteiger partial charge in [0.05, 0.1) is 44.3 Å². The highest BCUT2D eigenvalue weighted by Gasteiger charge is 2.32. The molecule has 1 saturated heterocycles. The third kappa shape index (κ3) is 6.87. The van der Waals surface area contributed by atoms with Crippen LogP contribution in [0.2, 0.25) is 0 Å². The van der Waals surface area contributed by atoms with Crippen molar-refractivity contribution in [2.75, 3.05) is 25.1 Å². The number of amides is 2. The third-order valence-electron chi connectivity index (χ3n) is 6.81. The van der Waals surface area contributed by atoms with E-state index in [1.165, 1.54) is 17.9 Å². The molecule has 0 bridgehead atoms. The van der Waals surface area contributed by atoms with E-state index in [0.29, 0.717) is 30.9 Å². The van der Waals surface area contributed by atoms with Crippen molar-refractivity contribution in [2.45, 2.75) is 32.7 Å². The Morgan fingerprint density at radius 1 is 1.07 bits per heavy atom. The Kier molecular flexibility index (Phi) is 8.54. The molecule has 1 aromatic heterocycles. The molecule has 3 aromatic carbocycles. The minimum absolute atomic E-state index is 0.206. The summed E-state index contributed by atoms with van der Waals surface area (Å²) in [4.78, 5) is 24.8. The number of anilines is 1. The van der Waals surface area contributed by atoms with E-state index in [0.717, 1.165) is 28.1 Å². The molecule has 212 valence electrons. The molecule has 5 rings (SSSR count). The number of ether oxygens (including phenoxy) is 2. The number of cyclic esters (lactones) is 1. The quantitative estimate of drug-likeness (QED) is 0.287. The lowest BCUT2D eigenvalue weighted by atomic mass is 10.0. The van der Waals surface area contributed by atoms with Crippen molar-refractivity contribution in [1.29, 1.82) is 0 Å². The lowest BCUT2D eigenvalue weighted by Gasteiger charge is -2.15. The number of aromatic nitrogens is 3. The summed E-state index contributed by atoms with van der Waals surface area (Å²) in [7, 11) is 1.64. The van der Waals surface area contributed by atoms with E-state index in [4.69, 9.17) is 9.47 Å². The zero-order chi connectivity index (χ0) is 28.8. The van der Waals surface area contributed by atoms with Gasteiger partial charge in [0.2, 0.25) is 5.91 Å². The van der Waals surface area contributed by atoms with Gasteiger partial charge in [-0.25, -0.2) is 13.9 Å². The summed E-state index contributed by atoms with van der Waals surface area (Å²) in [5.41, 5.74) is 4.67. The lowest BCUT2D eigenvalue weighted by Crippen LogP contribution is -2.33. The molecule has 0 saturated carbocycles. The zero-order valence-corrected chi connectivity index (χ0v) is 22.8. The summed E-state index contributed by atoms with van der Waals surface area (Å²) < 4.78 is 27.4. The van der Waals surface area contributed by atoms with Crippen LogP contribution in [0.1, 0.15) is 23.7 Å². The predicted molar refractivity (Wildman–Crippen MR) is 151 cm³/mol. The van der Waals surface area contributed by atoms with Gasteiger partial charge in [0.15, 0.2) is 0 Å². The summed E-state index contributed by atoms with van der Waals surface area (Å²) in [5, 5.41) is 14.3. The summed E-state index contributed by atoms with van der Waals surface area (Å²) in [6.45, 7) is 3.65. The fourth-order valence-electron chi connectivity index (χ4n) is 4.59. The van der Waals surface area contributed by atoms with Gasteiger partial charge in [0.1, 0.15) is 17.7 Å². The minimum atomic E-state index is -0.566. The van der Waals surface area contributed by atoms with E-state index in [9.17, 15) is 9.59 Å². The van der Waals surface area contributed by atoms with E-state index < -0.39 is 18.0 Å². The Labute approximate surface area is 237 Å². The van der Waals surface area contributed by atoms with Gasteiger partial charge in [0.25, 0.3) is 0 Å². The van der Waals surface area contributed by atoms with Gasteiger partial charge >= 0.3 is 6.09 Å². The Morgan fingerprint density at radius 2 is 1.83 bits per heavy atom. The van der Waals surface area contributed by atoms with Crippen LogP contribution in [0.3, 0.4) is 0 Å². The molecule has 11 heteroatoms. The molecule has 4 aromatic rings. The Balaban J connectivity index is 1.15. The standard InChI is InChI=1S/C30H31FN6O4/c1-20(38)33-17-27-19-36(30(39)41-27)24-9-12-28(29(31)13-24)23-7-3-21(4-8-23)14-32-15-25-16-34-35-37(25)18-22-5-10-26(40-2)11-6-22/h3-13,16,27,32H,14-15,17-19H2,1-2H3,(H,33,38)/t27-/m0/s1. The van der Waals surface area contributed by atoms with Gasteiger partial charge in [0, 0.05) is 25.6 Å². The average molecular weight is 559 g/mol. The number of nitrogens with zero attached hydrogens (tertiary/aromatic N) is 4. The lowest BCUT2D eigenvalue weighted by molar-refractivity contribution is -0.119. The number of nitrogens with one attached hydrogen (secondary N) is 2. The molecule has 41 heavy (non-hydrogen) atoms. The summed E-state index contributed by atoms with van der Waals surface area (Å²) in [6, 6.07) is 20.2. The minimum Gasteiger partial charge on any atom is -0.497 e. The van der Waals surface area contributed by atoms with Gasteiger partial charge in [-0.1, -0.05) is 41.6 Å². The van der Waals surface area contributed by atoms with Gasteiger partial charge < -0.3 is 20.1 Å². The number of methoxy groups -OCH3 is 1. The van der Waals surface area contributed by atoms with Crippen LogP contribution in [0.15, 0.2) is 72.9 Å². The molecule has 2 N–H and O–H groups in total. The molecular formula is C30H31FN6O4. The molecule has 0 aliphatic carbocycles. The SMILES string of the molecule is COc1ccc(Cn2nncc2CNCc2ccc(-c3ccc(N4C[C@H](CNC(C)=O)OC4=O)cc3F)cc2)cc1. The van der Waals surface area contributed by atoms with Crippen molar-refractivity contribution in [2.24, 2.45) is 0 Å². The summed E-state index contributed by atoms with van der Waals surface area (Å²) in [5.74, 6) is 0.161. The number of hydrogen-bond donors (Lipinski definition) is 2. The van der Waals surface area contributed by atoms with Gasteiger partial charge in [-0.05, 0) is 47.0 Å². The summed E-state index contributed by atoms with van der Waals surface area (Å²) >= 11 is 0. The number of halogens is 1. The van der Waals surface area contributed by atoms with Gasteiger partial charge in [-0.15, -0.1) is 5.10 Å². The fraction of sp³-hybridized carbons (Fsp3) is 0.267. The maximum atomic E-state index is 15.1. The van der Waals surface area contributed by atoms with Crippen LogP contribution in [-0.2, 0) is 29.2 Å². The van der Waals surface area contributed by atoms with Crippen LogP contribution in [0.4, 0.5) is 14.9 Å². The van der Waals surface area contributed by atoms with Crippen molar-refractivity contribution in [3.05, 3.63) is 95.6 Å². The van der Waals surface area contributed by atoms with E-state index in [1.54, 1.807) is 25.4 Å². The first-order valence-corrected chi connectivity index (χ1v) is 13.2. The van der Waals surface area contributed by atoms with Gasteiger partial charge in [-0.3, -0.25) is 9.69 Å². The second kappa shape index (κ2) is 12.6. The molecule has 0 spiro atoms. The summed E-state index contributed by atoms with van der Waals surface area (Å²) in [6.07, 6.45) is 0.696. The number of carbonyl (C=O) groups excluding carboxylic acids is 2. The molecule has 1 aliphatic heterocycles. The Bertz CT molecular complexity index is 1510. The van der Waals surface area contributed by atoms with Gasteiger partial charge in [-0.2, -0.15) is 0 Å². The van der Waals surface area contributed by atoms with Crippen LogP contribution >= 0.6 is 0 Å². The average Bonchev–Trinajstić information content (AvgIpc) is 3.58. The van der Waals surface area contributed by atoms with Crippen LogP contribution in [0.25, 0.3) is 11.1 Å². The predicted octanol–water partition coefficient (Wildman–Crippen LogP) is 3.89. The van der Waals surface area contributed by atoms with E-state index in [-0.39, 0.29) is 19.0 Å². The molecule has 2 amide bonds. The second-order valence-corrected chi connectivity index (χ2v) is 9.75.